The maximum absolute atomic E-state index is 13.2. The van der Waals surface area contributed by atoms with Crippen molar-refractivity contribution in [3.8, 4) is 0 Å². The maximum atomic E-state index is 13.2. The van der Waals surface area contributed by atoms with Crippen molar-refractivity contribution in [1.82, 2.24) is 15.1 Å². The summed E-state index contributed by atoms with van der Waals surface area (Å²) < 4.78 is 15.1. The molecule has 0 bridgehead atoms. The average Bonchev–Trinajstić information content (AvgIpc) is 2.89. The molecule has 21 heavy (non-hydrogen) atoms. The van der Waals surface area contributed by atoms with Crippen LogP contribution in [0.5, 0.6) is 0 Å². The topological polar surface area (TPSA) is 88.5 Å². The van der Waals surface area contributed by atoms with Crippen molar-refractivity contribution >= 4 is 5.84 Å². The summed E-state index contributed by atoms with van der Waals surface area (Å²) in [5, 5.41) is 19.1. The third-order valence-electron chi connectivity index (χ3n) is 3.05. The third kappa shape index (κ3) is 4.03. The highest BCUT2D eigenvalue weighted by Crippen LogP contribution is 2.11. The predicted molar refractivity (Wildman–Crippen MR) is 77.6 cm³/mol. The van der Waals surface area contributed by atoms with Crippen LogP contribution in [0.15, 0.2) is 35.7 Å². The van der Waals surface area contributed by atoms with Crippen molar-refractivity contribution in [2.75, 3.05) is 6.54 Å². The van der Waals surface area contributed by atoms with Gasteiger partial charge in [-0.3, -0.25) is 4.68 Å². The number of hydrogen-bond donors (Lipinski definition) is 3. The highest BCUT2D eigenvalue weighted by Gasteiger charge is 2.08. The number of halogens is 1. The van der Waals surface area contributed by atoms with Crippen molar-refractivity contribution in [3.05, 3.63) is 53.1 Å². The zero-order valence-corrected chi connectivity index (χ0v) is 11.8. The first kappa shape index (κ1) is 15.0. The van der Waals surface area contributed by atoms with Gasteiger partial charge >= 0.3 is 0 Å². The monoisotopic (exact) mass is 291 g/mol. The van der Waals surface area contributed by atoms with Gasteiger partial charge in [-0.25, -0.2) is 4.39 Å². The van der Waals surface area contributed by atoms with E-state index in [-0.39, 0.29) is 5.84 Å². The van der Waals surface area contributed by atoms with Gasteiger partial charge in [0, 0.05) is 24.8 Å². The Morgan fingerprint density at radius 3 is 3.00 bits per heavy atom. The summed E-state index contributed by atoms with van der Waals surface area (Å²) in [5.74, 6) is -0.527. The molecule has 2 rings (SSSR count). The van der Waals surface area contributed by atoms with Crippen LogP contribution in [-0.2, 0) is 13.1 Å². The zero-order chi connectivity index (χ0) is 15.2. The number of aromatic nitrogens is 2. The van der Waals surface area contributed by atoms with Crippen molar-refractivity contribution in [3.63, 3.8) is 0 Å². The molecule has 1 aromatic carbocycles. The molecule has 0 unspecified atom stereocenters. The Labute approximate surface area is 122 Å². The molecule has 0 spiro atoms. The highest BCUT2D eigenvalue weighted by atomic mass is 19.1. The van der Waals surface area contributed by atoms with Crippen LogP contribution in [0, 0.1) is 12.7 Å². The molecular weight excluding hydrogens is 273 g/mol. The molecule has 0 aliphatic carbocycles. The number of rotatable bonds is 6. The smallest absolute Gasteiger partial charge is 0.170 e. The second kappa shape index (κ2) is 6.85. The first-order valence-corrected chi connectivity index (χ1v) is 6.56. The standard InChI is InChI=1S/C14H18FN5O/c1-10-7-18-20(9-10)5-4-17-8-11-2-3-12(15)6-13(11)14(16)19-21/h2-3,6-7,9,17,21H,4-5,8H2,1H3,(H2,16,19). The minimum Gasteiger partial charge on any atom is -0.409 e. The Morgan fingerprint density at radius 2 is 2.33 bits per heavy atom. The summed E-state index contributed by atoms with van der Waals surface area (Å²) >= 11 is 0. The van der Waals surface area contributed by atoms with E-state index in [4.69, 9.17) is 10.9 Å². The number of hydrogen-bond acceptors (Lipinski definition) is 4. The number of nitrogens with two attached hydrogens (primary N) is 1. The van der Waals surface area contributed by atoms with Crippen LogP contribution < -0.4 is 11.1 Å². The molecule has 1 heterocycles. The fourth-order valence-electron chi connectivity index (χ4n) is 2.00. The average molecular weight is 291 g/mol. The lowest BCUT2D eigenvalue weighted by molar-refractivity contribution is 0.318. The van der Waals surface area contributed by atoms with Gasteiger partial charge in [0.15, 0.2) is 5.84 Å². The van der Waals surface area contributed by atoms with Gasteiger partial charge < -0.3 is 16.3 Å². The van der Waals surface area contributed by atoms with Crippen LogP contribution in [0.25, 0.3) is 0 Å². The van der Waals surface area contributed by atoms with E-state index in [1.807, 2.05) is 17.8 Å². The Balaban J connectivity index is 1.93. The molecule has 0 atom stereocenters. The molecule has 2 aromatic rings. The number of amidine groups is 1. The Hall–Kier alpha value is -2.41. The molecule has 4 N–H and O–H groups in total. The van der Waals surface area contributed by atoms with Crippen molar-refractivity contribution < 1.29 is 9.60 Å². The predicted octanol–water partition coefficient (Wildman–Crippen LogP) is 1.21. The van der Waals surface area contributed by atoms with Crippen LogP contribution in [0.1, 0.15) is 16.7 Å². The molecule has 6 nitrogen and oxygen atoms in total. The SMILES string of the molecule is Cc1cnn(CCNCc2ccc(F)cc2/C(N)=N/O)c1. The fraction of sp³-hybridized carbons (Fsp3) is 0.286. The normalized spacial score (nSPS) is 11.8. The van der Waals surface area contributed by atoms with E-state index in [1.165, 1.54) is 12.1 Å². The fourth-order valence-corrected chi connectivity index (χ4v) is 2.00. The van der Waals surface area contributed by atoms with Crippen LogP contribution in [0.3, 0.4) is 0 Å². The van der Waals surface area contributed by atoms with Gasteiger partial charge in [0.25, 0.3) is 0 Å². The largest absolute Gasteiger partial charge is 0.409 e. The number of benzene rings is 1. The van der Waals surface area contributed by atoms with E-state index in [0.29, 0.717) is 18.7 Å². The lowest BCUT2D eigenvalue weighted by Crippen LogP contribution is -2.23. The van der Waals surface area contributed by atoms with E-state index < -0.39 is 5.82 Å². The minimum atomic E-state index is -0.424. The van der Waals surface area contributed by atoms with Gasteiger partial charge in [-0.2, -0.15) is 5.10 Å². The van der Waals surface area contributed by atoms with Gasteiger partial charge in [0.05, 0.1) is 12.7 Å². The lowest BCUT2D eigenvalue weighted by Gasteiger charge is -2.10. The van der Waals surface area contributed by atoms with E-state index in [2.05, 4.69) is 15.6 Å². The van der Waals surface area contributed by atoms with E-state index >= 15 is 0 Å². The van der Waals surface area contributed by atoms with Crippen LogP contribution >= 0.6 is 0 Å². The van der Waals surface area contributed by atoms with Gasteiger partial charge in [-0.1, -0.05) is 11.2 Å². The summed E-state index contributed by atoms with van der Waals surface area (Å²) in [6.45, 7) is 3.91. The first-order chi connectivity index (χ1) is 10.1. The van der Waals surface area contributed by atoms with Crippen molar-refractivity contribution in [1.29, 1.82) is 0 Å². The summed E-state index contributed by atoms with van der Waals surface area (Å²) in [5.41, 5.74) is 7.82. The number of nitrogens with zero attached hydrogens (tertiary/aromatic N) is 3. The van der Waals surface area contributed by atoms with Crippen molar-refractivity contribution in [2.45, 2.75) is 20.0 Å². The molecule has 0 amide bonds. The molecule has 0 saturated heterocycles. The summed E-state index contributed by atoms with van der Waals surface area (Å²) in [7, 11) is 0. The Morgan fingerprint density at radius 1 is 1.52 bits per heavy atom. The summed E-state index contributed by atoms with van der Waals surface area (Å²) in [6, 6.07) is 4.22. The number of aryl methyl sites for hydroxylation is 1. The summed E-state index contributed by atoms with van der Waals surface area (Å²) in [6.07, 6.45) is 3.76. The molecule has 0 aliphatic heterocycles. The van der Waals surface area contributed by atoms with E-state index in [1.54, 1.807) is 12.3 Å². The van der Waals surface area contributed by atoms with Crippen molar-refractivity contribution in [2.24, 2.45) is 10.9 Å². The quantitative estimate of drug-likeness (QED) is 0.245. The summed E-state index contributed by atoms with van der Waals surface area (Å²) in [4.78, 5) is 0. The Kier molecular flexibility index (Phi) is 4.89. The van der Waals surface area contributed by atoms with Crippen LogP contribution in [0.4, 0.5) is 4.39 Å². The van der Waals surface area contributed by atoms with Gasteiger partial charge in [0.2, 0.25) is 0 Å². The van der Waals surface area contributed by atoms with E-state index in [9.17, 15) is 4.39 Å². The zero-order valence-electron chi connectivity index (χ0n) is 11.8. The molecule has 112 valence electrons. The first-order valence-electron chi connectivity index (χ1n) is 6.56. The number of nitrogens with one attached hydrogen (secondary N) is 1. The molecule has 0 radical (unpaired) electrons. The van der Waals surface area contributed by atoms with E-state index in [0.717, 1.165) is 17.7 Å². The molecule has 0 saturated carbocycles. The Bertz CT molecular complexity index is 638. The van der Waals surface area contributed by atoms with Crippen LogP contribution in [0.2, 0.25) is 0 Å². The molecule has 7 heteroatoms. The van der Waals surface area contributed by atoms with Crippen LogP contribution in [-0.4, -0.2) is 27.4 Å². The lowest BCUT2D eigenvalue weighted by atomic mass is 10.1. The minimum absolute atomic E-state index is 0.103. The highest BCUT2D eigenvalue weighted by molar-refractivity contribution is 5.98. The third-order valence-corrected chi connectivity index (χ3v) is 3.05. The molecule has 0 aliphatic rings. The molecule has 1 aromatic heterocycles. The second-order valence-corrected chi connectivity index (χ2v) is 4.74. The molecular formula is C14H18FN5O. The van der Waals surface area contributed by atoms with Gasteiger partial charge in [0.1, 0.15) is 5.82 Å². The maximum Gasteiger partial charge on any atom is 0.170 e. The van der Waals surface area contributed by atoms with Gasteiger partial charge in [-0.05, 0) is 30.2 Å². The number of oxime groups is 1. The molecule has 0 fully saturated rings. The van der Waals surface area contributed by atoms with Gasteiger partial charge in [-0.15, -0.1) is 0 Å². The second-order valence-electron chi connectivity index (χ2n) is 4.74.